The second-order valence-electron chi connectivity index (χ2n) is 4.86. The number of ether oxygens (including phenoxy) is 2. The lowest BCUT2D eigenvalue weighted by atomic mass is 10.2. The number of carbonyl (C=O) groups is 1. The zero-order valence-electron chi connectivity index (χ0n) is 11.9. The van der Waals surface area contributed by atoms with E-state index in [-0.39, 0.29) is 12.7 Å². The minimum Gasteiger partial charge on any atom is -0.454 e. The highest BCUT2D eigenvalue weighted by Crippen LogP contribution is 2.34. The summed E-state index contributed by atoms with van der Waals surface area (Å²) in [4.78, 5) is 17.5. The number of thiazole rings is 1. The SMILES string of the molecule is Cc1nc(C)c(CCC(=O)Nc2ccc3c(c2)OCO3)s1. The van der Waals surface area contributed by atoms with Gasteiger partial charge >= 0.3 is 0 Å². The van der Waals surface area contributed by atoms with Gasteiger partial charge in [-0.2, -0.15) is 0 Å². The fraction of sp³-hybridized carbons (Fsp3) is 0.333. The molecule has 0 bridgehead atoms. The van der Waals surface area contributed by atoms with Crippen molar-refractivity contribution in [3.05, 3.63) is 33.8 Å². The largest absolute Gasteiger partial charge is 0.454 e. The topological polar surface area (TPSA) is 60.5 Å². The summed E-state index contributed by atoms with van der Waals surface area (Å²) in [6.45, 7) is 4.19. The maximum absolute atomic E-state index is 12.0. The number of fused-ring (bicyclic) bond motifs is 1. The molecule has 2 aromatic rings. The highest BCUT2D eigenvalue weighted by Gasteiger charge is 2.14. The average molecular weight is 304 g/mol. The molecule has 0 spiro atoms. The number of rotatable bonds is 4. The van der Waals surface area contributed by atoms with Crippen LogP contribution in [0.3, 0.4) is 0 Å². The maximum atomic E-state index is 12.0. The summed E-state index contributed by atoms with van der Waals surface area (Å²) in [5.74, 6) is 1.37. The molecule has 1 aliphatic rings. The number of amides is 1. The lowest BCUT2D eigenvalue weighted by molar-refractivity contribution is -0.116. The first-order valence-corrected chi connectivity index (χ1v) is 7.56. The molecule has 0 saturated carbocycles. The fourth-order valence-electron chi connectivity index (χ4n) is 2.23. The first-order valence-electron chi connectivity index (χ1n) is 6.74. The number of nitrogens with one attached hydrogen (secondary N) is 1. The van der Waals surface area contributed by atoms with Crippen LogP contribution in [0.25, 0.3) is 0 Å². The van der Waals surface area contributed by atoms with Gasteiger partial charge in [-0.1, -0.05) is 0 Å². The lowest BCUT2D eigenvalue weighted by Crippen LogP contribution is -2.12. The van der Waals surface area contributed by atoms with Gasteiger partial charge in [0.2, 0.25) is 12.7 Å². The van der Waals surface area contributed by atoms with E-state index in [1.54, 1.807) is 23.5 Å². The molecule has 3 rings (SSSR count). The minimum atomic E-state index is -0.0145. The van der Waals surface area contributed by atoms with Crippen LogP contribution in [0.1, 0.15) is 22.0 Å². The first-order chi connectivity index (χ1) is 10.1. The Morgan fingerprint density at radius 1 is 1.33 bits per heavy atom. The van der Waals surface area contributed by atoms with Gasteiger partial charge in [0, 0.05) is 23.1 Å². The first kappa shape index (κ1) is 13.9. The molecule has 110 valence electrons. The summed E-state index contributed by atoms with van der Waals surface area (Å²) in [5.41, 5.74) is 1.75. The van der Waals surface area contributed by atoms with Crippen molar-refractivity contribution >= 4 is 22.9 Å². The molecule has 1 N–H and O–H groups in total. The Labute approximate surface area is 126 Å². The van der Waals surface area contributed by atoms with Crippen molar-refractivity contribution in [1.82, 2.24) is 4.98 Å². The summed E-state index contributed by atoms with van der Waals surface area (Å²) in [6.07, 6.45) is 1.16. The molecule has 2 heterocycles. The van der Waals surface area contributed by atoms with E-state index < -0.39 is 0 Å². The Balaban J connectivity index is 1.58. The maximum Gasteiger partial charge on any atom is 0.231 e. The van der Waals surface area contributed by atoms with Crippen molar-refractivity contribution in [2.45, 2.75) is 26.7 Å². The molecule has 6 heteroatoms. The summed E-state index contributed by atoms with van der Waals surface area (Å²) >= 11 is 1.65. The van der Waals surface area contributed by atoms with E-state index in [1.807, 2.05) is 19.9 Å². The van der Waals surface area contributed by atoms with E-state index in [4.69, 9.17) is 9.47 Å². The van der Waals surface area contributed by atoms with Gasteiger partial charge in [-0.05, 0) is 32.4 Å². The summed E-state index contributed by atoms with van der Waals surface area (Å²) < 4.78 is 10.5. The molecule has 1 aromatic carbocycles. The number of aryl methyl sites for hydroxylation is 3. The van der Waals surface area contributed by atoms with E-state index in [0.29, 0.717) is 24.3 Å². The Morgan fingerprint density at radius 3 is 2.90 bits per heavy atom. The number of benzene rings is 1. The van der Waals surface area contributed by atoms with Gasteiger partial charge in [0.05, 0.1) is 10.7 Å². The van der Waals surface area contributed by atoms with Gasteiger partial charge in [-0.15, -0.1) is 11.3 Å². The predicted octanol–water partition coefficient (Wildman–Crippen LogP) is 3.06. The van der Waals surface area contributed by atoms with Crippen molar-refractivity contribution in [2.24, 2.45) is 0 Å². The fourth-order valence-corrected chi connectivity index (χ4v) is 3.17. The quantitative estimate of drug-likeness (QED) is 0.943. The molecule has 0 fully saturated rings. The Morgan fingerprint density at radius 2 is 2.14 bits per heavy atom. The van der Waals surface area contributed by atoms with Crippen LogP contribution in [-0.4, -0.2) is 17.7 Å². The van der Waals surface area contributed by atoms with Crippen LogP contribution in [0.15, 0.2) is 18.2 Å². The smallest absolute Gasteiger partial charge is 0.231 e. The summed E-state index contributed by atoms with van der Waals surface area (Å²) in [6, 6.07) is 5.39. The van der Waals surface area contributed by atoms with Gasteiger partial charge in [0.15, 0.2) is 11.5 Å². The van der Waals surface area contributed by atoms with Crippen molar-refractivity contribution in [1.29, 1.82) is 0 Å². The third kappa shape index (κ3) is 3.16. The van der Waals surface area contributed by atoms with Crippen molar-refractivity contribution in [3.63, 3.8) is 0 Å². The number of aromatic nitrogens is 1. The zero-order chi connectivity index (χ0) is 14.8. The van der Waals surface area contributed by atoms with Crippen molar-refractivity contribution in [2.75, 3.05) is 12.1 Å². The van der Waals surface area contributed by atoms with Crippen LogP contribution in [0.5, 0.6) is 11.5 Å². The Bertz CT molecular complexity index is 682. The molecular formula is C15H16N2O3S. The number of nitrogens with zero attached hydrogens (tertiary/aromatic N) is 1. The molecule has 1 aromatic heterocycles. The normalized spacial score (nSPS) is 12.5. The van der Waals surface area contributed by atoms with Crippen LogP contribution >= 0.6 is 11.3 Å². The molecule has 0 aliphatic carbocycles. The highest BCUT2D eigenvalue weighted by molar-refractivity contribution is 7.11. The molecule has 0 atom stereocenters. The molecule has 1 amide bonds. The van der Waals surface area contributed by atoms with Gasteiger partial charge in [0.1, 0.15) is 0 Å². The lowest BCUT2D eigenvalue weighted by Gasteiger charge is -2.06. The van der Waals surface area contributed by atoms with Gasteiger partial charge in [-0.3, -0.25) is 4.79 Å². The van der Waals surface area contributed by atoms with Crippen LogP contribution < -0.4 is 14.8 Å². The van der Waals surface area contributed by atoms with Crippen molar-refractivity contribution in [3.8, 4) is 11.5 Å². The number of anilines is 1. The van der Waals surface area contributed by atoms with E-state index in [2.05, 4.69) is 10.3 Å². The monoisotopic (exact) mass is 304 g/mol. The highest BCUT2D eigenvalue weighted by atomic mass is 32.1. The number of carbonyl (C=O) groups excluding carboxylic acids is 1. The standard InChI is InChI=1S/C15H16N2O3S/c1-9-14(21-10(2)16-9)5-6-15(18)17-11-3-4-12-13(7-11)20-8-19-12/h3-4,7H,5-6,8H2,1-2H3,(H,17,18). The van der Waals surface area contributed by atoms with Crippen LogP contribution in [0, 0.1) is 13.8 Å². The van der Waals surface area contributed by atoms with Crippen molar-refractivity contribution < 1.29 is 14.3 Å². The third-order valence-corrected chi connectivity index (χ3v) is 4.37. The second-order valence-corrected chi connectivity index (χ2v) is 6.15. The molecule has 1 aliphatic heterocycles. The molecule has 0 unspecified atom stereocenters. The predicted molar refractivity (Wildman–Crippen MR) is 81.1 cm³/mol. The molecule has 0 saturated heterocycles. The van der Waals surface area contributed by atoms with Crippen LogP contribution in [0.2, 0.25) is 0 Å². The van der Waals surface area contributed by atoms with Crippen LogP contribution in [-0.2, 0) is 11.2 Å². The van der Waals surface area contributed by atoms with E-state index in [1.165, 1.54) is 4.88 Å². The van der Waals surface area contributed by atoms with E-state index >= 15 is 0 Å². The second kappa shape index (κ2) is 5.73. The Hall–Kier alpha value is -2.08. The minimum absolute atomic E-state index is 0.0145. The molecule has 0 radical (unpaired) electrons. The summed E-state index contributed by atoms with van der Waals surface area (Å²) in [5, 5.41) is 3.92. The van der Waals surface area contributed by atoms with E-state index in [9.17, 15) is 4.79 Å². The average Bonchev–Trinajstić information content (AvgIpc) is 3.02. The van der Waals surface area contributed by atoms with Gasteiger partial charge in [0.25, 0.3) is 0 Å². The zero-order valence-corrected chi connectivity index (χ0v) is 12.8. The van der Waals surface area contributed by atoms with Gasteiger partial charge < -0.3 is 14.8 Å². The third-order valence-electron chi connectivity index (χ3n) is 3.24. The molecular weight excluding hydrogens is 288 g/mol. The molecule has 5 nitrogen and oxygen atoms in total. The Kier molecular flexibility index (Phi) is 3.79. The van der Waals surface area contributed by atoms with Crippen LogP contribution in [0.4, 0.5) is 5.69 Å². The molecule has 21 heavy (non-hydrogen) atoms. The van der Waals surface area contributed by atoms with E-state index in [0.717, 1.165) is 16.4 Å². The number of hydrogen-bond acceptors (Lipinski definition) is 5. The summed E-state index contributed by atoms with van der Waals surface area (Å²) in [7, 11) is 0. The van der Waals surface area contributed by atoms with Gasteiger partial charge in [-0.25, -0.2) is 4.98 Å². The number of hydrogen-bond donors (Lipinski definition) is 1.